The molecule has 3 rings (SSSR count). The lowest BCUT2D eigenvalue weighted by atomic mass is 10.2. The Morgan fingerprint density at radius 1 is 1.04 bits per heavy atom. The van der Waals surface area contributed by atoms with Gasteiger partial charge in [-0.3, -0.25) is 9.52 Å². The van der Waals surface area contributed by atoms with E-state index in [-0.39, 0.29) is 10.5 Å². The molecule has 2 aromatic carbocycles. The SMILES string of the molecule is Cc1ccc(NC(=O)c2cccc(S(=O)(=O)Nc3ccc(Cl)cc3)c2)nc1. The molecule has 8 heteroatoms. The van der Waals surface area contributed by atoms with Gasteiger partial charge in [-0.15, -0.1) is 0 Å². The van der Waals surface area contributed by atoms with E-state index >= 15 is 0 Å². The molecule has 138 valence electrons. The molecule has 0 atom stereocenters. The quantitative estimate of drug-likeness (QED) is 0.673. The van der Waals surface area contributed by atoms with E-state index in [1.165, 1.54) is 24.3 Å². The molecule has 0 aliphatic rings. The van der Waals surface area contributed by atoms with Crippen LogP contribution in [0.1, 0.15) is 15.9 Å². The van der Waals surface area contributed by atoms with Crippen LogP contribution in [0, 0.1) is 6.92 Å². The van der Waals surface area contributed by atoms with Crippen LogP contribution in [-0.4, -0.2) is 19.3 Å². The van der Waals surface area contributed by atoms with E-state index in [0.717, 1.165) is 5.56 Å². The molecule has 3 aromatic rings. The average Bonchev–Trinajstić information content (AvgIpc) is 2.65. The number of aromatic nitrogens is 1. The number of aryl methyl sites for hydroxylation is 1. The second-order valence-corrected chi connectivity index (χ2v) is 7.93. The fourth-order valence-corrected chi connectivity index (χ4v) is 3.50. The van der Waals surface area contributed by atoms with Gasteiger partial charge in [0.2, 0.25) is 0 Å². The fourth-order valence-electron chi connectivity index (χ4n) is 2.27. The molecule has 2 N–H and O–H groups in total. The number of sulfonamides is 1. The lowest BCUT2D eigenvalue weighted by Crippen LogP contribution is -2.16. The van der Waals surface area contributed by atoms with Crippen LogP contribution in [0.4, 0.5) is 11.5 Å². The maximum absolute atomic E-state index is 12.6. The van der Waals surface area contributed by atoms with Gasteiger partial charge in [0.1, 0.15) is 5.82 Å². The van der Waals surface area contributed by atoms with Crippen molar-refractivity contribution in [2.45, 2.75) is 11.8 Å². The average molecular weight is 402 g/mol. The lowest BCUT2D eigenvalue weighted by Gasteiger charge is -2.10. The Kier molecular flexibility index (Phi) is 5.43. The number of rotatable bonds is 5. The second-order valence-electron chi connectivity index (χ2n) is 5.82. The number of hydrogen-bond donors (Lipinski definition) is 2. The van der Waals surface area contributed by atoms with Crippen LogP contribution in [0.15, 0.2) is 71.8 Å². The molecule has 0 spiro atoms. The zero-order valence-electron chi connectivity index (χ0n) is 14.3. The van der Waals surface area contributed by atoms with E-state index in [1.54, 1.807) is 36.5 Å². The van der Waals surface area contributed by atoms with Gasteiger partial charge in [0, 0.05) is 22.5 Å². The van der Waals surface area contributed by atoms with E-state index in [9.17, 15) is 13.2 Å². The van der Waals surface area contributed by atoms with E-state index in [1.807, 2.05) is 13.0 Å². The van der Waals surface area contributed by atoms with Crippen molar-refractivity contribution in [3.63, 3.8) is 0 Å². The number of anilines is 2. The highest BCUT2D eigenvalue weighted by Gasteiger charge is 2.17. The Morgan fingerprint density at radius 2 is 1.78 bits per heavy atom. The predicted octanol–water partition coefficient (Wildman–Crippen LogP) is 4.10. The summed E-state index contributed by atoms with van der Waals surface area (Å²) in [6.07, 6.45) is 1.63. The highest BCUT2D eigenvalue weighted by atomic mass is 35.5. The third kappa shape index (κ3) is 4.84. The highest BCUT2D eigenvalue weighted by molar-refractivity contribution is 7.92. The minimum atomic E-state index is -3.85. The summed E-state index contributed by atoms with van der Waals surface area (Å²) in [6, 6.07) is 15.5. The number of nitrogens with one attached hydrogen (secondary N) is 2. The maximum Gasteiger partial charge on any atom is 0.261 e. The summed E-state index contributed by atoms with van der Waals surface area (Å²) < 4.78 is 27.6. The molecule has 0 fully saturated rings. The number of carbonyl (C=O) groups is 1. The molecule has 0 aliphatic carbocycles. The van der Waals surface area contributed by atoms with Gasteiger partial charge < -0.3 is 5.32 Å². The van der Waals surface area contributed by atoms with Crippen molar-refractivity contribution in [1.29, 1.82) is 0 Å². The van der Waals surface area contributed by atoms with E-state index in [4.69, 9.17) is 11.6 Å². The van der Waals surface area contributed by atoms with Crippen LogP contribution >= 0.6 is 11.6 Å². The standard InChI is InChI=1S/C19H16ClN3O3S/c1-13-5-10-18(21-12-13)22-19(24)14-3-2-4-17(11-14)27(25,26)23-16-8-6-15(20)7-9-16/h2-12,23H,1H3,(H,21,22,24). The summed E-state index contributed by atoms with van der Waals surface area (Å²) in [4.78, 5) is 16.5. The number of benzene rings is 2. The third-order valence-corrected chi connectivity index (χ3v) is 5.29. The Balaban J connectivity index is 1.80. The summed E-state index contributed by atoms with van der Waals surface area (Å²) in [5.41, 5.74) is 1.55. The van der Waals surface area contributed by atoms with Crippen molar-refractivity contribution in [3.8, 4) is 0 Å². The number of carbonyl (C=O) groups excluding carboxylic acids is 1. The van der Waals surface area contributed by atoms with E-state index in [0.29, 0.717) is 16.5 Å². The van der Waals surface area contributed by atoms with Gasteiger partial charge in [0.15, 0.2) is 0 Å². The van der Waals surface area contributed by atoms with E-state index in [2.05, 4.69) is 15.0 Å². The number of amides is 1. The van der Waals surface area contributed by atoms with Crippen molar-refractivity contribution in [2.24, 2.45) is 0 Å². The lowest BCUT2D eigenvalue weighted by molar-refractivity contribution is 0.102. The molecule has 1 amide bonds. The third-order valence-electron chi connectivity index (χ3n) is 3.66. The van der Waals surface area contributed by atoms with Crippen LogP contribution < -0.4 is 10.0 Å². The first-order valence-electron chi connectivity index (χ1n) is 7.96. The molecule has 27 heavy (non-hydrogen) atoms. The van der Waals surface area contributed by atoms with Crippen molar-refractivity contribution < 1.29 is 13.2 Å². The molecule has 6 nitrogen and oxygen atoms in total. The first-order valence-corrected chi connectivity index (χ1v) is 9.82. The van der Waals surface area contributed by atoms with Gasteiger partial charge in [-0.05, 0) is 61.0 Å². The molecule has 0 radical (unpaired) electrons. The predicted molar refractivity (Wildman–Crippen MR) is 106 cm³/mol. The molecule has 1 aromatic heterocycles. The smallest absolute Gasteiger partial charge is 0.261 e. The van der Waals surface area contributed by atoms with Crippen LogP contribution in [0.2, 0.25) is 5.02 Å². The first kappa shape index (κ1) is 18.9. The molecule has 0 aliphatic heterocycles. The minimum absolute atomic E-state index is 0.0260. The number of nitrogens with zero attached hydrogens (tertiary/aromatic N) is 1. The van der Waals surface area contributed by atoms with Crippen molar-refractivity contribution in [1.82, 2.24) is 4.98 Å². The minimum Gasteiger partial charge on any atom is -0.307 e. The molecule has 0 saturated heterocycles. The van der Waals surface area contributed by atoms with Crippen molar-refractivity contribution in [3.05, 3.63) is 83.0 Å². The highest BCUT2D eigenvalue weighted by Crippen LogP contribution is 2.19. The van der Waals surface area contributed by atoms with Gasteiger partial charge >= 0.3 is 0 Å². The zero-order valence-corrected chi connectivity index (χ0v) is 15.9. The Hall–Kier alpha value is -2.90. The first-order chi connectivity index (χ1) is 12.8. The summed E-state index contributed by atoms with van der Waals surface area (Å²) in [5.74, 6) is -0.0620. The summed E-state index contributed by atoms with van der Waals surface area (Å²) >= 11 is 5.80. The van der Waals surface area contributed by atoms with Crippen LogP contribution in [0.5, 0.6) is 0 Å². The van der Waals surface area contributed by atoms with Gasteiger partial charge in [-0.1, -0.05) is 23.7 Å². The topological polar surface area (TPSA) is 88.2 Å². The number of pyridine rings is 1. The van der Waals surface area contributed by atoms with Gasteiger partial charge in [0.05, 0.1) is 4.90 Å². The molecule has 0 unspecified atom stereocenters. The fraction of sp³-hybridized carbons (Fsp3) is 0.0526. The number of halogens is 1. The van der Waals surface area contributed by atoms with Crippen LogP contribution in [0.3, 0.4) is 0 Å². The molecule has 1 heterocycles. The normalized spacial score (nSPS) is 11.0. The monoisotopic (exact) mass is 401 g/mol. The second kappa shape index (κ2) is 7.77. The summed E-state index contributed by atoms with van der Waals surface area (Å²) in [5, 5.41) is 3.14. The summed E-state index contributed by atoms with van der Waals surface area (Å²) in [6.45, 7) is 1.89. The van der Waals surface area contributed by atoms with Crippen LogP contribution in [0.25, 0.3) is 0 Å². The molecule has 0 saturated carbocycles. The zero-order chi connectivity index (χ0) is 19.4. The van der Waals surface area contributed by atoms with E-state index < -0.39 is 15.9 Å². The van der Waals surface area contributed by atoms with Crippen molar-refractivity contribution in [2.75, 3.05) is 10.0 Å². The Labute approximate surface area is 162 Å². The molecular formula is C19H16ClN3O3S. The van der Waals surface area contributed by atoms with Crippen molar-refractivity contribution >= 4 is 39.0 Å². The molecule has 0 bridgehead atoms. The molecular weight excluding hydrogens is 386 g/mol. The van der Waals surface area contributed by atoms with Crippen LogP contribution in [-0.2, 0) is 10.0 Å². The largest absolute Gasteiger partial charge is 0.307 e. The van der Waals surface area contributed by atoms with Gasteiger partial charge in [-0.25, -0.2) is 13.4 Å². The van der Waals surface area contributed by atoms with Gasteiger partial charge in [-0.2, -0.15) is 0 Å². The summed E-state index contributed by atoms with van der Waals surface area (Å²) in [7, 11) is -3.85. The maximum atomic E-state index is 12.6. The van der Waals surface area contributed by atoms with Gasteiger partial charge in [0.25, 0.3) is 15.9 Å². The Bertz CT molecular complexity index is 1070. The number of hydrogen-bond acceptors (Lipinski definition) is 4. The Morgan fingerprint density at radius 3 is 2.44 bits per heavy atom.